The van der Waals surface area contributed by atoms with Crippen LogP contribution in [0.1, 0.15) is 33.0 Å². The van der Waals surface area contributed by atoms with Crippen LogP contribution in [0.2, 0.25) is 0 Å². The molecule has 0 saturated carbocycles. The molecule has 0 aliphatic carbocycles. The van der Waals surface area contributed by atoms with Crippen molar-refractivity contribution in [2.45, 2.75) is 31.1 Å². The Morgan fingerprint density at radius 3 is 3.21 bits per heavy atom. The van der Waals surface area contributed by atoms with E-state index in [1.807, 2.05) is 23.7 Å². The molecule has 104 valence electrons. The number of fused-ring (bicyclic) bond motifs is 1. The van der Waals surface area contributed by atoms with Gasteiger partial charge in [-0.05, 0) is 43.2 Å². The van der Waals surface area contributed by atoms with E-state index in [2.05, 4.69) is 11.4 Å². The molecule has 1 amide bonds. The SMILES string of the molecule is CN(CC1CCCN1)C(=O)c1cc2c(s1)CCSC2. The fourth-order valence-electron chi connectivity index (χ4n) is 2.77. The van der Waals surface area contributed by atoms with E-state index in [9.17, 15) is 4.79 Å². The Labute approximate surface area is 122 Å². The smallest absolute Gasteiger partial charge is 0.263 e. The quantitative estimate of drug-likeness (QED) is 0.929. The van der Waals surface area contributed by atoms with Crippen molar-refractivity contribution in [1.82, 2.24) is 10.2 Å². The molecule has 0 spiro atoms. The summed E-state index contributed by atoms with van der Waals surface area (Å²) >= 11 is 3.67. The monoisotopic (exact) mass is 296 g/mol. The van der Waals surface area contributed by atoms with Crippen molar-refractivity contribution in [2.24, 2.45) is 0 Å². The zero-order chi connectivity index (χ0) is 13.2. The number of nitrogens with zero attached hydrogens (tertiary/aromatic N) is 1. The molecule has 1 fully saturated rings. The van der Waals surface area contributed by atoms with Gasteiger partial charge in [0.15, 0.2) is 0 Å². The van der Waals surface area contributed by atoms with E-state index in [1.54, 1.807) is 11.3 Å². The summed E-state index contributed by atoms with van der Waals surface area (Å²) in [7, 11) is 1.93. The molecular formula is C14H20N2OS2. The molecule has 1 aromatic heterocycles. The zero-order valence-corrected chi connectivity index (χ0v) is 12.9. The second-order valence-corrected chi connectivity index (χ2v) is 7.58. The Kier molecular flexibility index (Phi) is 4.15. The highest BCUT2D eigenvalue weighted by Gasteiger charge is 2.22. The van der Waals surface area contributed by atoms with Crippen LogP contribution in [0.5, 0.6) is 0 Å². The molecule has 1 aromatic rings. The lowest BCUT2D eigenvalue weighted by Crippen LogP contribution is -2.38. The van der Waals surface area contributed by atoms with Gasteiger partial charge in [0.05, 0.1) is 4.88 Å². The third kappa shape index (κ3) is 2.98. The lowest BCUT2D eigenvalue weighted by molar-refractivity contribution is 0.0788. The van der Waals surface area contributed by atoms with Crippen molar-refractivity contribution in [3.63, 3.8) is 0 Å². The summed E-state index contributed by atoms with van der Waals surface area (Å²) in [5.41, 5.74) is 1.39. The number of nitrogens with one attached hydrogen (secondary N) is 1. The molecule has 0 radical (unpaired) electrons. The molecule has 19 heavy (non-hydrogen) atoms. The maximum atomic E-state index is 12.5. The van der Waals surface area contributed by atoms with E-state index in [0.717, 1.165) is 30.1 Å². The van der Waals surface area contributed by atoms with Crippen LogP contribution in [-0.4, -0.2) is 42.7 Å². The summed E-state index contributed by atoms with van der Waals surface area (Å²) in [6, 6.07) is 2.60. The number of hydrogen-bond acceptors (Lipinski definition) is 4. The van der Waals surface area contributed by atoms with E-state index in [0.29, 0.717) is 6.04 Å². The fourth-order valence-corrected chi connectivity index (χ4v) is 5.13. The van der Waals surface area contributed by atoms with Crippen LogP contribution < -0.4 is 5.32 Å². The second-order valence-electron chi connectivity index (χ2n) is 5.34. The normalized spacial score (nSPS) is 22.3. The number of thiophene rings is 1. The van der Waals surface area contributed by atoms with Gasteiger partial charge in [-0.1, -0.05) is 0 Å². The van der Waals surface area contributed by atoms with E-state index >= 15 is 0 Å². The summed E-state index contributed by atoms with van der Waals surface area (Å²) < 4.78 is 0. The van der Waals surface area contributed by atoms with Crippen molar-refractivity contribution < 1.29 is 4.79 Å². The zero-order valence-electron chi connectivity index (χ0n) is 11.3. The topological polar surface area (TPSA) is 32.3 Å². The highest BCUT2D eigenvalue weighted by molar-refractivity contribution is 7.98. The first-order valence-electron chi connectivity index (χ1n) is 6.92. The van der Waals surface area contributed by atoms with Crippen molar-refractivity contribution in [3.8, 4) is 0 Å². The molecule has 2 aliphatic rings. The average Bonchev–Trinajstić information content (AvgIpc) is 3.05. The summed E-state index contributed by atoms with van der Waals surface area (Å²) in [5, 5.41) is 3.45. The molecular weight excluding hydrogens is 276 g/mol. The first kappa shape index (κ1) is 13.5. The van der Waals surface area contributed by atoms with Gasteiger partial charge in [0.1, 0.15) is 0 Å². The largest absolute Gasteiger partial charge is 0.339 e. The molecule has 3 nitrogen and oxygen atoms in total. The molecule has 0 aromatic carbocycles. The number of carbonyl (C=O) groups is 1. The third-order valence-electron chi connectivity index (χ3n) is 3.84. The minimum absolute atomic E-state index is 0.193. The van der Waals surface area contributed by atoms with Gasteiger partial charge in [0.25, 0.3) is 5.91 Å². The van der Waals surface area contributed by atoms with Gasteiger partial charge in [0, 0.05) is 30.3 Å². The maximum Gasteiger partial charge on any atom is 0.263 e. The number of carbonyl (C=O) groups excluding carboxylic acids is 1. The Hall–Kier alpha value is -0.520. The van der Waals surface area contributed by atoms with E-state index in [4.69, 9.17) is 0 Å². The summed E-state index contributed by atoms with van der Waals surface area (Å²) in [4.78, 5) is 16.7. The standard InChI is InChI=1S/C14H20N2OS2/c1-16(8-11-3-2-5-15-11)14(17)13-7-10-9-18-6-4-12(10)19-13/h7,11,15H,2-6,8-9H2,1H3. The van der Waals surface area contributed by atoms with Crippen LogP contribution in [0, 0.1) is 0 Å². The van der Waals surface area contributed by atoms with Gasteiger partial charge in [0.2, 0.25) is 0 Å². The first-order chi connectivity index (χ1) is 9.24. The van der Waals surface area contributed by atoms with Crippen molar-refractivity contribution in [3.05, 3.63) is 21.4 Å². The fraction of sp³-hybridized carbons (Fsp3) is 0.643. The molecule has 3 rings (SSSR count). The van der Waals surface area contributed by atoms with Crippen molar-refractivity contribution >= 4 is 29.0 Å². The van der Waals surface area contributed by atoms with Gasteiger partial charge in [-0.2, -0.15) is 11.8 Å². The van der Waals surface area contributed by atoms with Gasteiger partial charge in [-0.3, -0.25) is 4.79 Å². The van der Waals surface area contributed by atoms with Crippen LogP contribution in [0.4, 0.5) is 0 Å². The van der Waals surface area contributed by atoms with Crippen LogP contribution in [0.15, 0.2) is 6.07 Å². The molecule has 1 N–H and O–H groups in total. The molecule has 3 heterocycles. The summed E-state index contributed by atoms with van der Waals surface area (Å²) in [6.45, 7) is 1.92. The first-order valence-corrected chi connectivity index (χ1v) is 8.89. The number of amides is 1. The van der Waals surface area contributed by atoms with E-state index in [-0.39, 0.29) is 5.91 Å². The maximum absolute atomic E-state index is 12.5. The molecule has 1 saturated heterocycles. The lowest BCUT2D eigenvalue weighted by atomic mass is 10.2. The van der Waals surface area contributed by atoms with Crippen LogP contribution in [-0.2, 0) is 12.2 Å². The average molecular weight is 296 g/mol. The Morgan fingerprint density at radius 2 is 2.47 bits per heavy atom. The van der Waals surface area contributed by atoms with E-state index < -0.39 is 0 Å². The number of aryl methyl sites for hydroxylation is 1. The molecule has 1 atom stereocenters. The van der Waals surface area contributed by atoms with Gasteiger partial charge in [-0.15, -0.1) is 11.3 Å². The van der Waals surface area contributed by atoms with Gasteiger partial charge < -0.3 is 10.2 Å². The van der Waals surface area contributed by atoms with E-state index in [1.165, 1.54) is 29.0 Å². The Bertz CT molecular complexity index is 443. The summed E-state index contributed by atoms with van der Waals surface area (Å²) in [6.07, 6.45) is 3.55. The van der Waals surface area contributed by atoms with Crippen molar-refractivity contribution in [1.29, 1.82) is 0 Å². The Morgan fingerprint density at radius 1 is 1.58 bits per heavy atom. The predicted octanol–water partition coefficient (Wildman–Crippen LogP) is 2.36. The minimum Gasteiger partial charge on any atom is -0.339 e. The second kappa shape index (κ2) is 5.85. The highest BCUT2D eigenvalue weighted by atomic mass is 32.2. The molecule has 0 bridgehead atoms. The van der Waals surface area contributed by atoms with Gasteiger partial charge in [-0.25, -0.2) is 0 Å². The van der Waals surface area contributed by atoms with Crippen LogP contribution in [0.3, 0.4) is 0 Å². The highest BCUT2D eigenvalue weighted by Crippen LogP contribution is 2.32. The Balaban J connectivity index is 1.66. The van der Waals surface area contributed by atoms with Crippen LogP contribution >= 0.6 is 23.1 Å². The number of rotatable bonds is 3. The number of hydrogen-bond donors (Lipinski definition) is 1. The summed E-state index contributed by atoms with van der Waals surface area (Å²) in [5.74, 6) is 2.47. The molecule has 5 heteroatoms. The molecule has 2 aliphatic heterocycles. The lowest BCUT2D eigenvalue weighted by Gasteiger charge is -2.20. The molecule has 1 unspecified atom stereocenters. The predicted molar refractivity (Wildman–Crippen MR) is 82.2 cm³/mol. The van der Waals surface area contributed by atoms with Crippen molar-refractivity contribution in [2.75, 3.05) is 25.9 Å². The van der Waals surface area contributed by atoms with Gasteiger partial charge >= 0.3 is 0 Å². The third-order valence-corrected chi connectivity index (χ3v) is 6.07. The van der Waals surface area contributed by atoms with Crippen LogP contribution in [0.25, 0.3) is 0 Å². The number of thioether (sulfide) groups is 1. The number of likely N-dealkylation sites (N-methyl/N-ethyl adjacent to an activating group) is 1. The minimum atomic E-state index is 0.193.